The highest BCUT2D eigenvalue weighted by Gasteiger charge is 2.48. The van der Waals surface area contributed by atoms with E-state index >= 15 is 0 Å². The third kappa shape index (κ3) is 2.00. The Morgan fingerprint density at radius 2 is 2.11 bits per heavy atom. The molecule has 1 unspecified atom stereocenters. The minimum Gasteiger partial charge on any atom is -0.486 e. The number of nitrogens with zero attached hydrogens (tertiary/aromatic N) is 1. The van der Waals surface area contributed by atoms with Gasteiger partial charge in [-0.1, -0.05) is 0 Å². The van der Waals surface area contributed by atoms with Crippen molar-refractivity contribution in [1.29, 1.82) is 0 Å². The zero-order valence-electron chi connectivity index (χ0n) is 10.6. The number of benzene rings is 1. The molecule has 0 saturated heterocycles. The highest BCUT2D eigenvalue weighted by Crippen LogP contribution is 2.55. The molecule has 5 heteroatoms. The number of fused-ring (bicyclic) bond motifs is 1. The highest BCUT2D eigenvalue weighted by molar-refractivity contribution is 5.56. The Morgan fingerprint density at radius 3 is 2.74 bits per heavy atom. The Labute approximate surface area is 110 Å². The maximum Gasteiger partial charge on any atom is 0.235 e. The quantitative estimate of drug-likeness (QED) is 0.622. The van der Waals surface area contributed by atoms with Gasteiger partial charge in [0.05, 0.1) is 0 Å². The summed E-state index contributed by atoms with van der Waals surface area (Å²) < 4.78 is 24.7. The van der Waals surface area contributed by atoms with Gasteiger partial charge in [0, 0.05) is 5.56 Å². The normalized spacial score (nSPS) is 20.3. The fourth-order valence-corrected chi connectivity index (χ4v) is 2.40. The molecule has 1 fully saturated rings. The van der Waals surface area contributed by atoms with Crippen LogP contribution in [0.15, 0.2) is 17.1 Å². The maximum atomic E-state index is 13.6. The van der Waals surface area contributed by atoms with Crippen molar-refractivity contribution in [1.82, 2.24) is 0 Å². The largest absolute Gasteiger partial charge is 0.486 e. The van der Waals surface area contributed by atoms with Crippen molar-refractivity contribution < 1.29 is 18.7 Å². The first kappa shape index (κ1) is 12.2. The molecule has 1 aliphatic heterocycles. The molecule has 1 aromatic carbocycles. The van der Waals surface area contributed by atoms with E-state index < -0.39 is 11.7 Å². The van der Waals surface area contributed by atoms with Crippen LogP contribution in [0.3, 0.4) is 0 Å². The zero-order valence-corrected chi connectivity index (χ0v) is 10.6. The van der Waals surface area contributed by atoms with Crippen LogP contribution in [0.4, 0.5) is 4.39 Å². The van der Waals surface area contributed by atoms with Crippen LogP contribution < -0.4 is 9.47 Å². The molecule has 0 spiro atoms. The van der Waals surface area contributed by atoms with Gasteiger partial charge in [-0.2, -0.15) is 4.99 Å². The van der Waals surface area contributed by atoms with Crippen LogP contribution in [0.2, 0.25) is 0 Å². The van der Waals surface area contributed by atoms with Crippen LogP contribution in [0.5, 0.6) is 11.5 Å². The number of halogens is 1. The number of ether oxygens (including phenoxy) is 2. The van der Waals surface area contributed by atoms with E-state index in [2.05, 4.69) is 4.99 Å². The number of hydrogen-bond acceptors (Lipinski definition) is 4. The van der Waals surface area contributed by atoms with E-state index in [-0.39, 0.29) is 0 Å². The molecule has 2 aliphatic rings. The Kier molecular flexibility index (Phi) is 2.79. The number of carbonyl (C=O) groups excluding carboxylic acids is 1. The summed E-state index contributed by atoms with van der Waals surface area (Å²) in [6.07, 6.45) is 2.01. The molecule has 1 heterocycles. The van der Waals surface area contributed by atoms with Gasteiger partial charge in [-0.05, 0) is 37.5 Å². The second-order valence-corrected chi connectivity index (χ2v) is 4.94. The van der Waals surface area contributed by atoms with Gasteiger partial charge in [0.15, 0.2) is 11.5 Å². The van der Waals surface area contributed by atoms with Crippen molar-refractivity contribution in [3.05, 3.63) is 23.3 Å². The molecule has 19 heavy (non-hydrogen) atoms. The molecule has 1 atom stereocenters. The van der Waals surface area contributed by atoms with Crippen LogP contribution in [-0.2, 0) is 10.3 Å². The van der Waals surface area contributed by atoms with Crippen LogP contribution in [0.25, 0.3) is 0 Å². The summed E-state index contributed by atoms with van der Waals surface area (Å²) in [5.41, 5.74) is 0.677. The van der Waals surface area contributed by atoms with Crippen molar-refractivity contribution in [2.75, 3.05) is 13.2 Å². The molecule has 0 radical (unpaired) electrons. The Bertz CT molecular complexity index is 560. The van der Waals surface area contributed by atoms with Gasteiger partial charge < -0.3 is 9.47 Å². The first-order chi connectivity index (χ1) is 9.16. The Hall–Kier alpha value is -1.87. The van der Waals surface area contributed by atoms with Gasteiger partial charge in [0.1, 0.15) is 24.9 Å². The molecule has 1 aromatic rings. The average molecular weight is 263 g/mol. The van der Waals surface area contributed by atoms with E-state index in [1.165, 1.54) is 6.92 Å². The van der Waals surface area contributed by atoms with Gasteiger partial charge >= 0.3 is 0 Å². The van der Waals surface area contributed by atoms with Gasteiger partial charge in [0.2, 0.25) is 6.08 Å². The summed E-state index contributed by atoms with van der Waals surface area (Å²) in [7, 11) is 0. The molecule has 0 amide bonds. The molecule has 3 rings (SSSR count). The van der Waals surface area contributed by atoms with Crippen molar-refractivity contribution in [2.45, 2.75) is 31.5 Å². The van der Waals surface area contributed by atoms with Crippen molar-refractivity contribution in [3.63, 3.8) is 0 Å². The summed E-state index contributed by atoms with van der Waals surface area (Å²) in [5, 5.41) is 0. The number of isocyanates is 1. The minimum atomic E-state index is -1.11. The number of rotatable bonds is 3. The molecular weight excluding hydrogens is 249 g/mol. The molecule has 4 nitrogen and oxygen atoms in total. The third-order valence-electron chi connectivity index (χ3n) is 3.61. The third-order valence-corrected chi connectivity index (χ3v) is 3.61. The van der Waals surface area contributed by atoms with Crippen LogP contribution in [-0.4, -0.2) is 19.3 Å². The van der Waals surface area contributed by atoms with Crippen molar-refractivity contribution in [2.24, 2.45) is 4.99 Å². The Morgan fingerprint density at radius 1 is 1.37 bits per heavy atom. The van der Waals surface area contributed by atoms with E-state index in [1.807, 2.05) is 0 Å². The lowest BCUT2D eigenvalue weighted by Crippen LogP contribution is -2.19. The molecule has 0 N–H and O–H groups in total. The monoisotopic (exact) mass is 263 g/mol. The molecule has 100 valence electrons. The molecular formula is C14H14FNO3. The second-order valence-electron chi connectivity index (χ2n) is 4.94. The maximum absolute atomic E-state index is 13.6. The summed E-state index contributed by atoms with van der Waals surface area (Å²) in [5.74, 6) is 1.13. The predicted octanol–water partition coefficient (Wildman–Crippen LogP) is 2.81. The SMILES string of the molecule is CC(F)c1cc2c(c(C3(N=C=O)CC3)c1)OCCO2. The summed E-state index contributed by atoms with van der Waals surface area (Å²) in [6, 6.07) is 3.38. The molecule has 1 aliphatic carbocycles. The van der Waals surface area contributed by atoms with E-state index in [9.17, 15) is 9.18 Å². The standard InChI is InChI=1S/C14H14FNO3/c1-9(15)10-6-11(14(2-3-14)16-8-17)13-12(7-10)18-4-5-19-13/h6-7,9H,2-5H2,1H3. The Balaban J connectivity index is 2.16. The van der Waals surface area contributed by atoms with Crippen LogP contribution in [0.1, 0.15) is 37.1 Å². The molecule has 0 bridgehead atoms. The molecule has 1 saturated carbocycles. The van der Waals surface area contributed by atoms with Crippen LogP contribution >= 0.6 is 0 Å². The molecule has 0 aromatic heterocycles. The van der Waals surface area contributed by atoms with E-state index in [4.69, 9.17) is 9.47 Å². The van der Waals surface area contributed by atoms with Gasteiger partial charge in [-0.3, -0.25) is 0 Å². The average Bonchev–Trinajstić information content (AvgIpc) is 3.18. The first-order valence-corrected chi connectivity index (χ1v) is 6.33. The topological polar surface area (TPSA) is 47.9 Å². The second kappa shape index (κ2) is 4.35. The lowest BCUT2D eigenvalue weighted by molar-refractivity contribution is 0.168. The zero-order chi connectivity index (χ0) is 13.5. The predicted molar refractivity (Wildman–Crippen MR) is 66.0 cm³/mol. The number of alkyl halides is 1. The van der Waals surface area contributed by atoms with Crippen molar-refractivity contribution >= 4 is 6.08 Å². The fraction of sp³-hybridized carbons (Fsp3) is 0.500. The summed E-state index contributed by atoms with van der Waals surface area (Å²) >= 11 is 0. The minimum absolute atomic E-state index is 0.445. The lowest BCUT2D eigenvalue weighted by atomic mass is 9.98. The van der Waals surface area contributed by atoms with Crippen molar-refractivity contribution in [3.8, 4) is 11.5 Å². The lowest BCUT2D eigenvalue weighted by Gasteiger charge is -2.24. The van der Waals surface area contributed by atoms with E-state index in [0.29, 0.717) is 30.3 Å². The fourth-order valence-electron chi connectivity index (χ4n) is 2.40. The van der Waals surface area contributed by atoms with Crippen LogP contribution in [0, 0.1) is 0 Å². The first-order valence-electron chi connectivity index (χ1n) is 6.33. The summed E-state index contributed by atoms with van der Waals surface area (Å²) in [6.45, 7) is 2.36. The highest BCUT2D eigenvalue weighted by atomic mass is 19.1. The van der Waals surface area contributed by atoms with Gasteiger partial charge in [-0.25, -0.2) is 9.18 Å². The van der Waals surface area contributed by atoms with E-state index in [0.717, 1.165) is 18.4 Å². The summed E-state index contributed by atoms with van der Waals surface area (Å²) in [4.78, 5) is 14.5. The number of hydrogen-bond donors (Lipinski definition) is 0. The van der Waals surface area contributed by atoms with E-state index in [1.54, 1.807) is 18.2 Å². The smallest absolute Gasteiger partial charge is 0.235 e. The van der Waals surface area contributed by atoms with Gasteiger partial charge in [-0.15, -0.1) is 0 Å². The van der Waals surface area contributed by atoms with Gasteiger partial charge in [0.25, 0.3) is 0 Å². The number of aliphatic imine (C=N–C) groups is 1.